The molecule has 0 aromatic heterocycles. The normalized spacial score (nSPS) is 10.6. The van der Waals surface area contributed by atoms with Crippen molar-refractivity contribution in [3.63, 3.8) is 0 Å². The summed E-state index contributed by atoms with van der Waals surface area (Å²) in [4.78, 5) is 12.1. The second kappa shape index (κ2) is 8.37. The maximum atomic E-state index is 12.1. The van der Waals surface area contributed by atoms with Crippen LogP contribution in [0.25, 0.3) is 10.8 Å². The Hall–Kier alpha value is -3.33. The Morgan fingerprint density at radius 1 is 1.15 bits per heavy atom. The highest BCUT2D eigenvalue weighted by atomic mass is 35.5. The highest BCUT2D eigenvalue weighted by molar-refractivity contribution is 6.32. The highest BCUT2D eigenvalue weighted by Crippen LogP contribution is 2.24. The second-order valence-corrected chi connectivity index (χ2v) is 5.98. The fourth-order valence-electron chi connectivity index (χ4n) is 2.55. The third-order valence-corrected chi connectivity index (χ3v) is 4.14. The topological polar surface area (TPSA) is 81.9 Å². The van der Waals surface area contributed by atoms with Crippen LogP contribution in [-0.4, -0.2) is 28.9 Å². The summed E-state index contributed by atoms with van der Waals surface area (Å²) in [5.74, 6) is 5.04. The number of aromatic hydroxyl groups is 1. The summed E-state index contributed by atoms with van der Waals surface area (Å²) in [5.41, 5.74) is 4.34. The zero-order chi connectivity index (χ0) is 19.2. The first-order valence-electron chi connectivity index (χ1n) is 8.03. The lowest BCUT2D eigenvalue weighted by molar-refractivity contribution is 0.0955. The van der Waals surface area contributed by atoms with E-state index in [1.807, 2.05) is 36.4 Å². The quantitative estimate of drug-likeness (QED) is 0.371. The molecule has 0 saturated carbocycles. The molecule has 0 radical (unpaired) electrons. The number of hydrogen-bond acceptors (Lipinski definition) is 4. The van der Waals surface area contributed by atoms with E-state index < -0.39 is 5.91 Å². The van der Waals surface area contributed by atoms with Crippen LogP contribution < -0.4 is 5.43 Å². The Kier molecular flexibility index (Phi) is 5.72. The van der Waals surface area contributed by atoms with Crippen molar-refractivity contribution >= 4 is 34.5 Å². The SMILES string of the molecule is O=C(N/N=C/c1ccc(C#CCO)c2ccccc12)c1ccc(O)c(Cl)c1. The van der Waals surface area contributed by atoms with E-state index >= 15 is 0 Å². The number of phenols is 1. The van der Waals surface area contributed by atoms with Crippen LogP contribution in [0.3, 0.4) is 0 Å². The van der Waals surface area contributed by atoms with Gasteiger partial charge >= 0.3 is 0 Å². The van der Waals surface area contributed by atoms with E-state index in [1.54, 1.807) is 6.21 Å². The number of nitrogens with zero attached hydrogens (tertiary/aromatic N) is 1. The van der Waals surface area contributed by atoms with Gasteiger partial charge in [-0.15, -0.1) is 0 Å². The molecule has 0 atom stereocenters. The summed E-state index contributed by atoms with van der Waals surface area (Å²) in [6, 6.07) is 15.5. The van der Waals surface area contributed by atoms with Crippen LogP contribution in [0.4, 0.5) is 0 Å². The average molecular weight is 379 g/mol. The molecule has 0 heterocycles. The Bertz CT molecular complexity index is 1100. The first-order valence-corrected chi connectivity index (χ1v) is 8.41. The minimum atomic E-state index is -0.442. The molecule has 3 aromatic rings. The number of aliphatic hydroxyl groups is 1. The van der Waals surface area contributed by atoms with Gasteiger partial charge in [0.2, 0.25) is 0 Å². The Morgan fingerprint density at radius 3 is 2.67 bits per heavy atom. The zero-order valence-corrected chi connectivity index (χ0v) is 14.9. The predicted octanol–water partition coefficient (Wildman–Crippen LogP) is 3.31. The molecule has 3 N–H and O–H groups in total. The molecule has 5 nitrogen and oxygen atoms in total. The molecule has 27 heavy (non-hydrogen) atoms. The predicted molar refractivity (Wildman–Crippen MR) is 106 cm³/mol. The van der Waals surface area contributed by atoms with Crippen LogP contribution >= 0.6 is 11.6 Å². The summed E-state index contributed by atoms with van der Waals surface area (Å²) in [6.45, 7) is -0.204. The second-order valence-electron chi connectivity index (χ2n) is 5.57. The smallest absolute Gasteiger partial charge is 0.271 e. The maximum Gasteiger partial charge on any atom is 0.271 e. The van der Waals surface area contributed by atoms with Crippen LogP contribution in [0.15, 0.2) is 59.7 Å². The van der Waals surface area contributed by atoms with E-state index in [2.05, 4.69) is 22.4 Å². The standard InChI is InChI=1S/C21H15ClN2O3/c22-19-12-15(9-10-20(19)26)21(27)24-23-13-16-8-7-14(4-3-11-25)17-5-1-2-6-18(16)17/h1-2,5-10,12-13,25-26H,11H2,(H,24,27)/b23-13+. The molecule has 3 aromatic carbocycles. The molecule has 0 unspecified atom stereocenters. The van der Waals surface area contributed by atoms with Gasteiger partial charge in [-0.1, -0.05) is 53.8 Å². The lowest BCUT2D eigenvalue weighted by Crippen LogP contribution is -2.17. The van der Waals surface area contributed by atoms with Gasteiger partial charge in [0.05, 0.1) is 11.2 Å². The van der Waals surface area contributed by atoms with Gasteiger partial charge in [-0.2, -0.15) is 5.10 Å². The lowest BCUT2D eigenvalue weighted by atomic mass is 10.0. The van der Waals surface area contributed by atoms with Crippen LogP contribution in [-0.2, 0) is 0 Å². The molecular weight excluding hydrogens is 364 g/mol. The number of hydrogen-bond donors (Lipinski definition) is 3. The Labute approximate surface area is 160 Å². The van der Waals surface area contributed by atoms with Gasteiger partial charge in [0.15, 0.2) is 0 Å². The van der Waals surface area contributed by atoms with Crippen LogP contribution in [0.5, 0.6) is 5.75 Å². The monoisotopic (exact) mass is 378 g/mol. The van der Waals surface area contributed by atoms with Crippen molar-refractivity contribution in [1.29, 1.82) is 0 Å². The average Bonchev–Trinajstić information content (AvgIpc) is 2.69. The Morgan fingerprint density at radius 2 is 1.93 bits per heavy atom. The van der Waals surface area contributed by atoms with Crippen molar-refractivity contribution < 1.29 is 15.0 Å². The van der Waals surface area contributed by atoms with Gasteiger partial charge in [-0.25, -0.2) is 5.43 Å². The summed E-state index contributed by atoms with van der Waals surface area (Å²) in [7, 11) is 0. The van der Waals surface area contributed by atoms with Crippen molar-refractivity contribution in [1.82, 2.24) is 5.43 Å². The summed E-state index contributed by atoms with van der Waals surface area (Å²) in [6.07, 6.45) is 1.55. The molecule has 0 bridgehead atoms. The van der Waals surface area contributed by atoms with Crippen molar-refractivity contribution in [3.8, 4) is 17.6 Å². The molecule has 0 aliphatic carbocycles. The molecular formula is C21H15ClN2O3. The fraction of sp³-hybridized carbons (Fsp3) is 0.0476. The number of phenolic OH excluding ortho intramolecular Hbond substituents is 1. The molecule has 134 valence electrons. The van der Waals surface area contributed by atoms with Crippen molar-refractivity contribution in [3.05, 3.63) is 76.3 Å². The number of carbonyl (C=O) groups is 1. The zero-order valence-electron chi connectivity index (χ0n) is 14.1. The van der Waals surface area contributed by atoms with Crippen molar-refractivity contribution in [2.75, 3.05) is 6.61 Å². The molecule has 0 aliphatic rings. The molecule has 3 rings (SSSR count). The number of nitrogens with one attached hydrogen (secondary N) is 1. The maximum absolute atomic E-state index is 12.1. The number of rotatable bonds is 3. The number of hydrazone groups is 1. The molecule has 0 spiro atoms. The number of carbonyl (C=O) groups excluding carboxylic acids is 1. The molecule has 0 fully saturated rings. The largest absolute Gasteiger partial charge is 0.506 e. The van der Waals surface area contributed by atoms with E-state index in [0.29, 0.717) is 0 Å². The first-order chi connectivity index (χ1) is 13.1. The van der Waals surface area contributed by atoms with Gasteiger partial charge in [-0.05, 0) is 35.0 Å². The molecule has 6 heteroatoms. The van der Waals surface area contributed by atoms with Gasteiger partial charge in [0.25, 0.3) is 5.91 Å². The molecule has 0 aliphatic heterocycles. The van der Waals surface area contributed by atoms with Gasteiger partial charge < -0.3 is 10.2 Å². The fourth-order valence-corrected chi connectivity index (χ4v) is 2.73. The first kappa shape index (κ1) is 18.5. The van der Waals surface area contributed by atoms with Crippen molar-refractivity contribution in [2.24, 2.45) is 5.10 Å². The van der Waals surface area contributed by atoms with E-state index in [4.69, 9.17) is 16.7 Å². The van der Waals surface area contributed by atoms with Crippen LogP contribution in [0, 0.1) is 11.8 Å². The van der Waals surface area contributed by atoms with Gasteiger partial charge in [0, 0.05) is 16.7 Å². The summed E-state index contributed by atoms with van der Waals surface area (Å²) >= 11 is 5.81. The van der Waals surface area contributed by atoms with Crippen molar-refractivity contribution in [2.45, 2.75) is 0 Å². The third kappa shape index (κ3) is 4.26. The third-order valence-electron chi connectivity index (χ3n) is 3.84. The van der Waals surface area contributed by atoms with E-state index in [-0.39, 0.29) is 22.9 Å². The van der Waals surface area contributed by atoms with E-state index in [9.17, 15) is 9.90 Å². The minimum absolute atomic E-state index is 0.0902. The van der Waals surface area contributed by atoms with Gasteiger partial charge in [0.1, 0.15) is 12.4 Å². The highest BCUT2D eigenvalue weighted by Gasteiger charge is 2.07. The van der Waals surface area contributed by atoms with Gasteiger partial charge in [-0.3, -0.25) is 4.79 Å². The minimum Gasteiger partial charge on any atom is -0.506 e. The number of halogens is 1. The number of amides is 1. The van der Waals surface area contributed by atoms with E-state index in [1.165, 1.54) is 18.2 Å². The summed E-state index contributed by atoms with van der Waals surface area (Å²) < 4.78 is 0. The number of aliphatic hydroxyl groups excluding tert-OH is 1. The molecule has 0 saturated heterocycles. The van der Waals surface area contributed by atoms with Crippen LogP contribution in [0.2, 0.25) is 5.02 Å². The number of benzene rings is 3. The number of fused-ring (bicyclic) bond motifs is 1. The van der Waals surface area contributed by atoms with Crippen LogP contribution in [0.1, 0.15) is 21.5 Å². The Balaban J connectivity index is 1.84. The van der Waals surface area contributed by atoms with E-state index in [0.717, 1.165) is 21.9 Å². The lowest BCUT2D eigenvalue weighted by Gasteiger charge is -2.05. The summed E-state index contributed by atoms with van der Waals surface area (Å²) in [5, 5.41) is 24.3. The molecule has 1 amide bonds.